The molecule has 7 heteroatoms. The Bertz CT molecular complexity index is 502. The van der Waals surface area contributed by atoms with Crippen molar-refractivity contribution in [1.29, 1.82) is 0 Å². The number of nitro groups is 1. The van der Waals surface area contributed by atoms with E-state index in [1.54, 1.807) is 7.05 Å². The van der Waals surface area contributed by atoms with Crippen molar-refractivity contribution in [3.63, 3.8) is 0 Å². The van der Waals surface area contributed by atoms with Gasteiger partial charge in [0.2, 0.25) is 0 Å². The number of benzene rings is 1. The molecule has 110 valence electrons. The maximum Gasteiger partial charge on any atom is 0.292 e. The molecule has 0 saturated carbocycles. The Morgan fingerprint density at radius 1 is 1.30 bits per heavy atom. The summed E-state index contributed by atoms with van der Waals surface area (Å²) in [5, 5.41) is 10.8. The number of hydrogen-bond acceptors (Lipinski definition) is 5. The summed E-state index contributed by atoms with van der Waals surface area (Å²) in [6, 6.07) is 4.26. The lowest BCUT2D eigenvalue weighted by molar-refractivity contribution is -0.383. The third-order valence-electron chi connectivity index (χ3n) is 2.96. The predicted molar refractivity (Wildman–Crippen MR) is 77.6 cm³/mol. The molecule has 0 radical (unpaired) electrons. The van der Waals surface area contributed by atoms with E-state index in [2.05, 4.69) is 0 Å². The van der Waals surface area contributed by atoms with E-state index in [-0.39, 0.29) is 22.8 Å². The van der Waals surface area contributed by atoms with Crippen LogP contribution < -0.4 is 5.73 Å². The number of nitrogens with two attached hydrogens (primary N) is 1. The van der Waals surface area contributed by atoms with Gasteiger partial charge in [-0.1, -0.05) is 6.07 Å². The quantitative estimate of drug-likeness (QED) is 0.480. The molecular weight excluding hydrogens is 260 g/mol. The molecule has 0 fully saturated rings. The molecule has 0 bridgehead atoms. The molecule has 7 nitrogen and oxygen atoms in total. The van der Waals surface area contributed by atoms with E-state index in [9.17, 15) is 14.9 Å². The maximum absolute atomic E-state index is 12.2. The van der Waals surface area contributed by atoms with Gasteiger partial charge in [0.1, 0.15) is 5.69 Å². The molecular formula is C13H20N4O3. The van der Waals surface area contributed by atoms with Gasteiger partial charge in [0.15, 0.2) is 0 Å². The Morgan fingerprint density at radius 3 is 2.50 bits per heavy atom. The summed E-state index contributed by atoms with van der Waals surface area (Å²) in [6.07, 6.45) is 0.823. The van der Waals surface area contributed by atoms with Gasteiger partial charge < -0.3 is 15.5 Å². The zero-order valence-corrected chi connectivity index (χ0v) is 12.0. The molecule has 0 saturated heterocycles. The molecule has 0 unspecified atom stereocenters. The number of rotatable bonds is 6. The SMILES string of the molecule is CN(C)CCCN(C)C(=O)c1cccc([N+](=O)[O-])c1N. The number of nitrogens with zero attached hydrogens (tertiary/aromatic N) is 3. The minimum atomic E-state index is -0.585. The molecule has 0 atom stereocenters. The Hall–Kier alpha value is -2.15. The van der Waals surface area contributed by atoms with Crippen LogP contribution >= 0.6 is 0 Å². The Labute approximate surface area is 118 Å². The predicted octanol–water partition coefficient (Wildman–Crippen LogP) is 1.20. The molecule has 1 rings (SSSR count). The topological polar surface area (TPSA) is 92.7 Å². The van der Waals surface area contributed by atoms with Crippen LogP contribution in [0.25, 0.3) is 0 Å². The Balaban J connectivity index is 2.81. The summed E-state index contributed by atoms with van der Waals surface area (Å²) in [5.41, 5.74) is 5.56. The number of nitrogen functional groups attached to an aromatic ring is 1. The second-order valence-electron chi connectivity index (χ2n) is 4.88. The number of para-hydroxylation sites is 1. The molecule has 1 aromatic rings. The largest absolute Gasteiger partial charge is 0.393 e. The monoisotopic (exact) mass is 280 g/mol. The number of carbonyl (C=O) groups excluding carboxylic acids is 1. The normalized spacial score (nSPS) is 10.6. The first kappa shape index (κ1) is 15.9. The maximum atomic E-state index is 12.2. The van der Waals surface area contributed by atoms with Crippen LogP contribution in [0.4, 0.5) is 11.4 Å². The van der Waals surface area contributed by atoms with E-state index in [1.807, 2.05) is 19.0 Å². The van der Waals surface area contributed by atoms with Gasteiger partial charge in [-0.3, -0.25) is 14.9 Å². The molecule has 0 heterocycles. The van der Waals surface area contributed by atoms with Gasteiger partial charge in [-0.05, 0) is 33.1 Å². The van der Waals surface area contributed by atoms with Gasteiger partial charge in [0.05, 0.1) is 10.5 Å². The third kappa shape index (κ3) is 3.92. The molecule has 1 aromatic carbocycles. The number of amides is 1. The Kier molecular flexibility index (Phi) is 5.45. The minimum absolute atomic E-state index is 0.0815. The van der Waals surface area contributed by atoms with Crippen LogP contribution in [0.1, 0.15) is 16.8 Å². The third-order valence-corrected chi connectivity index (χ3v) is 2.96. The van der Waals surface area contributed by atoms with Crippen molar-refractivity contribution in [3.8, 4) is 0 Å². The van der Waals surface area contributed by atoms with Crippen molar-refractivity contribution in [3.05, 3.63) is 33.9 Å². The standard InChI is InChI=1S/C13H20N4O3/c1-15(2)8-5-9-16(3)13(18)10-6-4-7-11(12(10)14)17(19)20/h4,6-7H,5,8-9,14H2,1-3H3. The highest BCUT2D eigenvalue weighted by atomic mass is 16.6. The minimum Gasteiger partial charge on any atom is -0.393 e. The lowest BCUT2D eigenvalue weighted by Gasteiger charge is -2.19. The molecule has 1 amide bonds. The van der Waals surface area contributed by atoms with E-state index >= 15 is 0 Å². The highest BCUT2D eigenvalue weighted by molar-refractivity contribution is 6.00. The van der Waals surface area contributed by atoms with Crippen molar-refractivity contribution in [1.82, 2.24) is 9.80 Å². The van der Waals surface area contributed by atoms with Gasteiger partial charge in [0.25, 0.3) is 11.6 Å². The number of hydrogen-bond donors (Lipinski definition) is 1. The van der Waals surface area contributed by atoms with Crippen LogP contribution in [-0.2, 0) is 0 Å². The van der Waals surface area contributed by atoms with Crippen LogP contribution in [0.5, 0.6) is 0 Å². The van der Waals surface area contributed by atoms with E-state index < -0.39 is 4.92 Å². The van der Waals surface area contributed by atoms with E-state index in [1.165, 1.54) is 23.1 Å². The van der Waals surface area contributed by atoms with Crippen molar-refractivity contribution >= 4 is 17.3 Å². The second-order valence-corrected chi connectivity index (χ2v) is 4.88. The summed E-state index contributed by atoms with van der Waals surface area (Å²) in [4.78, 5) is 26.0. The van der Waals surface area contributed by atoms with Crippen molar-refractivity contribution in [2.75, 3.05) is 40.0 Å². The summed E-state index contributed by atoms with van der Waals surface area (Å²) >= 11 is 0. The van der Waals surface area contributed by atoms with Gasteiger partial charge in [0, 0.05) is 19.7 Å². The highest BCUT2D eigenvalue weighted by Crippen LogP contribution is 2.25. The van der Waals surface area contributed by atoms with Gasteiger partial charge in [-0.2, -0.15) is 0 Å². The Morgan fingerprint density at radius 2 is 1.95 bits per heavy atom. The average Bonchev–Trinajstić information content (AvgIpc) is 2.37. The molecule has 2 N–H and O–H groups in total. The van der Waals surface area contributed by atoms with E-state index in [0.29, 0.717) is 6.54 Å². The molecule has 20 heavy (non-hydrogen) atoms. The van der Waals surface area contributed by atoms with E-state index in [0.717, 1.165) is 13.0 Å². The number of carbonyl (C=O) groups is 1. The van der Waals surface area contributed by atoms with Crippen molar-refractivity contribution in [2.45, 2.75) is 6.42 Å². The molecule has 0 aliphatic heterocycles. The fraction of sp³-hybridized carbons (Fsp3) is 0.462. The van der Waals surface area contributed by atoms with Crippen LogP contribution in [0.15, 0.2) is 18.2 Å². The van der Waals surface area contributed by atoms with Crippen LogP contribution in [-0.4, -0.2) is 54.9 Å². The zero-order valence-electron chi connectivity index (χ0n) is 12.0. The lowest BCUT2D eigenvalue weighted by atomic mass is 10.1. The average molecular weight is 280 g/mol. The number of anilines is 1. The van der Waals surface area contributed by atoms with Crippen LogP contribution in [0, 0.1) is 10.1 Å². The smallest absolute Gasteiger partial charge is 0.292 e. The van der Waals surface area contributed by atoms with Crippen molar-refractivity contribution < 1.29 is 9.72 Å². The fourth-order valence-electron chi connectivity index (χ4n) is 1.83. The van der Waals surface area contributed by atoms with Gasteiger partial charge >= 0.3 is 0 Å². The number of nitro benzene ring substituents is 1. The highest BCUT2D eigenvalue weighted by Gasteiger charge is 2.21. The first-order valence-electron chi connectivity index (χ1n) is 6.27. The first-order chi connectivity index (χ1) is 9.34. The van der Waals surface area contributed by atoms with Crippen LogP contribution in [0.2, 0.25) is 0 Å². The summed E-state index contributed by atoms with van der Waals surface area (Å²) < 4.78 is 0. The summed E-state index contributed by atoms with van der Waals surface area (Å²) in [7, 11) is 5.58. The van der Waals surface area contributed by atoms with Gasteiger partial charge in [-0.25, -0.2) is 0 Å². The fourth-order valence-corrected chi connectivity index (χ4v) is 1.83. The van der Waals surface area contributed by atoms with Crippen LogP contribution in [0.3, 0.4) is 0 Å². The molecule has 0 aliphatic rings. The zero-order chi connectivity index (χ0) is 15.3. The summed E-state index contributed by atoms with van der Waals surface area (Å²) in [6.45, 7) is 1.43. The second kappa shape index (κ2) is 6.85. The molecule has 0 aliphatic carbocycles. The molecule has 0 aromatic heterocycles. The van der Waals surface area contributed by atoms with E-state index in [4.69, 9.17) is 5.73 Å². The first-order valence-corrected chi connectivity index (χ1v) is 6.27. The van der Waals surface area contributed by atoms with Crippen molar-refractivity contribution in [2.24, 2.45) is 0 Å². The lowest BCUT2D eigenvalue weighted by Crippen LogP contribution is -2.30. The summed E-state index contributed by atoms with van der Waals surface area (Å²) in [5.74, 6) is -0.301. The molecule has 0 spiro atoms. The van der Waals surface area contributed by atoms with Gasteiger partial charge in [-0.15, -0.1) is 0 Å².